The van der Waals surface area contributed by atoms with E-state index in [1.54, 1.807) is 0 Å². The molecular weight excluding hydrogens is 442 g/mol. The van der Waals surface area contributed by atoms with E-state index in [4.69, 9.17) is 4.74 Å². The van der Waals surface area contributed by atoms with E-state index in [-0.39, 0.29) is 19.1 Å². The van der Waals surface area contributed by atoms with Crippen LogP contribution >= 0.6 is 0 Å². The number of alkyl carbamates (subject to hydrolysis) is 1. The maximum Gasteiger partial charge on any atom is 0.407 e. The number of rotatable bonds is 9. The Kier molecular flexibility index (Phi) is 8.67. The van der Waals surface area contributed by atoms with Crippen molar-refractivity contribution in [3.8, 4) is 0 Å². The minimum atomic E-state index is -0.625. The molecule has 1 fully saturated rings. The van der Waals surface area contributed by atoms with Gasteiger partial charge in [-0.05, 0) is 41.8 Å². The van der Waals surface area contributed by atoms with E-state index >= 15 is 0 Å². The van der Waals surface area contributed by atoms with Gasteiger partial charge in [0.25, 0.3) is 0 Å². The Morgan fingerprint density at radius 2 is 1.57 bits per heavy atom. The predicted octanol–water partition coefficient (Wildman–Crippen LogP) is 3.31. The van der Waals surface area contributed by atoms with Crippen LogP contribution < -0.4 is 15.5 Å². The molecule has 0 unspecified atom stereocenters. The Balaban J connectivity index is 1.22. The van der Waals surface area contributed by atoms with E-state index in [2.05, 4.69) is 37.6 Å². The number of carbonyl (C=O) groups is 2. The number of hydrogen-bond acceptors (Lipinski definition) is 6. The Bertz CT molecular complexity index is 1090. The standard InChI is InChI=1S/C27H31N5O3/c33-26(20-29-27(34)35-21-23-6-2-1-3-7-23)30-24-8-4-5-9-25(24)32-18-16-31(17-19-32)15-12-22-10-13-28-14-11-22/h1-11,13-14H,12,15-21H2,(H,29,34)(H,30,33). The molecular formula is C27H31N5O3. The summed E-state index contributed by atoms with van der Waals surface area (Å²) in [6.07, 6.45) is 4.06. The number of hydrogen-bond donors (Lipinski definition) is 2. The quantitative estimate of drug-likeness (QED) is 0.496. The Labute approximate surface area is 205 Å². The summed E-state index contributed by atoms with van der Waals surface area (Å²) >= 11 is 0. The van der Waals surface area contributed by atoms with Gasteiger partial charge in [-0.1, -0.05) is 42.5 Å². The average molecular weight is 474 g/mol. The van der Waals surface area contributed by atoms with Crippen molar-refractivity contribution >= 4 is 23.4 Å². The highest BCUT2D eigenvalue weighted by atomic mass is 16.5. The van der Waals surface area contributed by atoms with E-state index in [0.29, 0.717) is 0 Å². The summed E-state index contributed by atoms with van der Waals surface area (Å²) < 4.78 is 5.16. The Morgan fingerprint density at radius 3 is 2.34 bits per heavy atom. The predicted molar refractivity (Wildman–Crippen MR) is 136 cm³/mol. The lowest BCUT2D eigenvalue weighted by atomic mass is 10.1. The molecule has 2 amide bonds. The molecule has 35 heavy (non-hydrogen) atoms. The number of ether oxygens (including phenoxy) is 1. The summed E-state index contributed by atoms with van der Waals surface area (Å²) in [7, 11) is 0. The number of piperazine rings is 1. The SMILES string of the molecule is O=C(CNC(=O)OCc1ccccc1)Nc1ccccc1N1CCN(CCc2ccncc2)CC1. The monoisotopic (exact) mass is 473 g/mol. The highest BCUT2D eigenvalue weighted by Crippen LogP contribution is 2.26. The molecule has 8 heteroatoms. The number of benzene rings is 2. The first-order valence-electron chi connectivity index (χ1n) is 11.9. The van der Waals surface area contributed by atoms with Crippen LogP contribution in [0.4, 0.5) is 16.2 Å². The van der Waals surface area contributed by atoms with E-state index < -0.39 is 6.09 Å². The van der Waals surface area contributed by atoms with Gasteiger partial charge >= 0.3 is 6.09 Å². The largest absolute Gasteiger partial charge is 0.445 e. The van der Waals surface area contributed by atoms with E-state index in [1.807, 2.05) is 67.0 Å². The van der Waals surface area contributed by atoms with Gasteiger partial charge in [-0.3, -0.25) is 14.7 Å². The third-order valence-corrected chi connectivity index (χ3v) is 5.96. The molecule has 1 aromatic heterocycles. The zero-order valence-electron chi connectivity index (χ0n) is 19.7. The molecule has 0 saturated carbocycles. The lowest BCUT2D eigenvalue weighted by molar-refractivity contribution is -0.115. The second-order valence-corrected chi connectivity index (χ2v) is 8.41. The number of nitrogens with one attached hydrogen (secondary N) is 2. The fraction of sp³-hybridized carbons (Fsp3) is 0.296. The second kappa shape index (κ2) is 12.5. The maximum atomic E-state index is 12.5. The summed E-state index contributed by atoms with van der Waals surface area (Å²) in [6.45, 7) is 4.70. The molecule has 1 saturated heterocycles. The van der Waals surface area contributed by atoms with Crippen LogP contribution in [0.15, 0.2) is 79.1 Å². The van der Waals surface area contributed by atoms with E-state index in [1.165, 1.54) is 5.56 Å². The lowest BCUT2D eigenvalue weighted by Gasteiger charge is -2.37. The molecule has 0 radical (unpaired) electrons. The number of pyridine rings is 1. The second-order valence-electron chi connectivity index (χ2n) is 8.41. The highest BCUT2D eigenvalue weighted by molar-refractivity contribution is 5.96. The molecule has 1 aliphatic rings. The van der Waals surface area contributed by atoms with Crippen LogP contribution in [0, 0.1) is 0 Å². The summed E-state index contributed by atoms with van der Waals surface area (Å²) in [4.78, 5) is 33.2. The average Bonchev–Trinajstić information content (AvgIpc) is 2.91. The topological polar surface area (TPSA) is 86.8 Å². The molecule has 8 nitrogen and oxygen atoms in total. The number of nitrogens with zero attached hydrogens (tertiary/aromatic N) is 3. The van der Waals surface area contributed by atoms with Gasteiger partial charge in [0, 0.05) is 45.1 Å². The van der Waals surface area contributed by atoms with Gasteiger partial charge in [0.2, 0.25) is 5.91 Å². The molecule has 0 spiro atoms. The smallest absolute Gasteiger partial charge is 0.407 e. The number of aromatic nitrogens is 1. The molecule has 2 N–H and O–H groups in total. The van der Waals surface area contributed by atoms with Crippen LogP contribution in [0.25, 0.3) is 0 Å². The number of anilines is 2. The van der Waals surface area contributed by atoms with Gasteiger partial charge < -0.3 is 20.3 Å². The molecule has 0 bridgehead atoms. The van der Waals surface area contributed by atoms with Crippen LogP contribution in [0.5, 0.6) is 0 Å². The minimum Gasteiger partial charge on any atom is -0.445 e. The maximum absolute atomic E-state index is 12.5. The molecule has 2 aromatic carbocycles. The van der Waals surface area contributed by atoms with Crippen LogP contribution in [0.3, 0.4) is 0 Å². The molecule has 0 atom stereocenters. The summed E-state index contributed by atoms with van der Waals surface area (Å²) in [5, 5.41) is 5.43. The number of amides is 2. The van der Waals surface area contributed by atoms with Gasteiger partial charge in [-0.2, -0.15) is 0 Å². The van der Waals surface area contributed by atoms with Crippen molar-refractivity contribution in [2.75, 3.05) is 49.5 Å². The Hall–Kier alpha value is -3.91. The first kappa shape index (κ1) is 24.2. The van der Waals surface area contributed by atoms with Crippen molar-refractivity contribution in [2.45, 2.75) is 13.0 Å². The van der Waals surface area contributed by atoms with Crippen LogP contribution in [0.2, 0.25) is 0 Å². The van der Waals surface area contributed by atoms with Crippen molar-refractivity contribution < 1.29 is 14.3 Å². The molecule has 2 heterocycles. The van der Waals surface area contributed by atoms with Gasteiger partial charge in [0.1, 0.15) is 13.2 Å². The van der Waals surface area contributed by atoms with Gasteiger partial charge in [-0.25, -0.2) is 4.79 Å². The zero-order chi connectivity index (χ0) is 24.3. The summed E-state index contributed by atoms with van der Waals surface area (Å²) in [5.41, 5.74) is 3.91. The fourth-order valence-electron chi connectivity index (χ4n) is 4.03. The molecule has 4 rings (SSSR count). The first-order valence-corrected chi connectivity index (χ1v) is 11.9. The summed E-state index contributed by atoms with van der Waals surface area (Å²) in [5.74, 6) is -0.301. The van der Waals surface area contributed by atoms with Gasteiger partial charge in [0.05, 0.1) is 11.4 Å². The van der Waals surface area contributed by atoms with Gasteiger partial charge in [0.15, 0.2) is 0 Å². The molecule has 0 aliphatic carbocycles. The number of para-hydroxylation sites is 2. The van der Waals surface area contributed by atoms with Crippen molar-refractivity contribution in [3.63, 3.8) is 0 Å². The van der Waals surface area contributed by atoms with Crippen molar-refractivity contribution in [1.82, 2.24) is 15.2 Å². The molecule has 1 aliphatic heterocycles. The fourth-order valence-corrected chi connectivity index (χ4v) is 4.03. The Morgan fingerprint density at radius 1 is 0.857 bits per heavy atom. The lowest BCUT2D eigenvalue weighted by Crippen LogP contribution is -2.47. The van der Waals surface area contributed by atoms with Crippen LogP contribution in [0.1, 0.15) is 11.1 Å². The van der Waals surface area contributed by atoms with Crippen molar-refractivity contribution in [2.24, 2.45) is 0 Å². The van der Waals surface area contributed by atoms with E-state index in [9.17, 15) is 9.59 Å². The minimum absolute atomic E-state index is 0.158. The third-order valence-electron chi connectivity index (χ3n) is 5.96. The molecule has 182 valence electrons. The van der Waals surface area contributed by atoms with E-state index in [0.717, 1.165) is 56.1 Å². The normalized spacial score (nSPS) is 13.8. The van der Waals surface area contributed by atoms with Gasteiger partial charge in [-0.15, -0.1) is 0 Å². The van der Waals surface area contributed by atoms with Crippen LogP contribution in [-0.2, 0) is 22.6 Å². The van der Waals surface area contributed by atoms with Crippen molar-refractivity contribution in [3.05, 3.63) is 90.3 Å². The van der Waals surface area contributed by atoms with Crippen LogP contribution in [-0.4, -0.2) is 61.2 Å². The highest BCUT2D eigenvalue weighted by Gasteiger charge is 2.20. The first-order chi connectivity index (χ1) is 17.2. The third kappa shape index (κ3) is 7.55. The summed E-state index contributed by atoms with van der Waals surface area (Å²) in [6, 6.07) is 21.3. The molecule has 3 aromatic rings. The number of carbonyl (C=O) groups excluding carboxylic acids is 2. The van der Waals surface area contributed by atoms with Crippen molar-refractivity contribution in [1.29, 1.82) is 0 Å². The zero-order valence-corrected chi connectivity index (χ0v) is 19.7.